The normalized spacial score (nSPS) is 12.7. The molecule has 1 aromatic carbocycles. The predicted octanol–water partition coefficient (Wildman–Crippen LogP) is 3.27. The lowest BCUT2D eigenvalue weighted by atomic mass is 10.1. The summed E-state index contributed by atoms with van der Waals surface area (Å²) < 4.78 is 0. The molecule has 1 aromatic rings. The molecule has 4 heteroatoms. The van der Waals surface area contributed by atoms with Gasteiger partial charge >= 0.3 is 5.97 Å². The van der Waals surface area contributed by atoms with E-state index in [1.807, 2.05) is 24.3 Å². The Morgan fingerprint density at radius 1 is 1.39 bits per heavy atom. The van der Waals surface area contributed by atoms with Gasteiger partial charge in [0.2, 0.25) is 0 Å². The molecule has 0 aliphatic rings. The van der Waals surface area contributed by atoms with Crippen molar-refractivity contribution in [2.24, 2.45) is 5.92 Å². The van der Waals surface area contributed by atoms with Crippen LogP contribution < -0.4 is 0 Å². The quantitative estimate of drug-likeness (QED) is 0.826. The van der Waals surface area contributed by atoms with Gasteiger partial charge in [-0.25, -0.2) is 0 Å². The largest absolute Gasteiger partial charge is 0.481 e. The maximum Gasteiger partial charge on any atom is 0.307 e. The molecule has 0 aromatic heterocycles. The monoisotopic (exact) mass is 269 g/mol. The number of rotatable bonds is 7. The SMILES string of the molecule is CCCN(Cc1ccc(Cl)cc1)CC(C)C(=O)O. The fourth-order valence-corrected chi connectivity index (χ4v) is 1.99. The van der Waals surface area contributed by atoms with Gasteiger partial charge in [0.05, 0.1) is 5.92 Å². The van der Waals surface area contributed by atoms with Crippen molar-refractivity contribution < 1.29 is 9.90 Å². The van der Waals surface area contributed by atoms with Crippen molar-refractivity contribution in [3.63, 3.8) is 0 Å². The summed E-state index contributed by atoms with van der Waals surface area (Å²) in [5.74, 6) is -1.09. The molecule has 1 N–H and O–H groups in total. The summed E-state index contributed by atoms with van der Waals surface area (Å²) in [5, 5.41) is 9.68. The summed E-state index contributed by atoms with van der Waals surface area (Å²) in [6.45, 7) is 6.09. The Morgan fingerprint density at radius 2 is 2.00 bits per heavy atom. The zero-order valence-corrected chi connectivity index (χ0v) is 11.7. The van der Waals surface area contributed by atoms with Gasteiger partial charge in [0.15, 0.2) is 0 Å². The average molecular weight is 270 g/mol. The summed E-state index contributed by atoms with van der Waals surface area (Å²) >= 11 is 5.84. The first-order valence-corrected chi connectivity index (χ1v) is 6.60. The van der Waals surface area contributed by atoms with Gasteiger partial charge in [-0.3, -0.25) is 9.69 Å². The van der Waals surface area contributed by atoms with Crippen LogP contribution in [-0.4, -0.2) is 29.1 Å². The first-order chi connectivity index (χ1) is 8.52. The standard InChI is InChI=1S/C14H20ClNO2/c1-3-8-16(9-11(2)14(17)18)10-12-4-6-13(15)7-5-12/h4-7,11H,3,8-10H2,1-2H3,(H,17,18). The Bertz CT molecular complexity index is 378. The maximum atomic E-state index is 10.9. The molecule has 18 heavy (non-hydrogen) atoms. The highest BCUT2D eigenvalue weighted by Crippen LogP contribution is 2.13. The minimum Gasteiger partial charge on any atom is -0.481 e. The van der Waals surface area contributed by atoms with E-state index < -0.39 is 5.97 Å². The predicted molar refractivity (Wildman–Crippen MR) is 73.8 cm³/mol. The van der Waals surface area contributed by atoms with Gasteiger partial charge in [-0.15, -0.1) is 0 Å². The third-order valence-electron chi connectivity index (χ3n) is 2.81. The van der Waals surface area contributed by atoms with Crippen LogP contribution in [0, 0.1) is 5.92 Å². The molecule has 0 spiro atoms. The average Bonchev–Trinajstić information content (AvgIpc) is 2.32. The smallest absolute Gasteiger partial charge is 0.307 e. The van der Waals surface area contributed by atoms with Crippen molar-refractivity contribution in [2.45, 2.75) is 26.8 Å². The number of nitrogens with zero attached hydrogens (tertiary/aromatic N) is 1. The maximum absolute atomic E-state index is 10.9. The highest BCUT2D eigenvalue weighted by atomic mass is 35.5. The van der Waals surface area contributed by atoms with E-state index in [4.69, 9.17) is 16.7 Å². The number of hydrogen-bond donors (Lipinski definition) is 1. The minimum atomic E-state index is -0.743. The van der Waals surface area contributed by atoms with Crippen molar-refractivity contribution in [1.82, 2.24) is 4.90 Å². The Morgan fingerprint density at radius 3 is 2.50 bits per heavy atom. The Balaban J connectivity index is 2.62. The number of hydrogen-bond acceptors (Lipinski definition) is 2. The minimum absolute atomic E-state index is 0.344. The van der Waals surface area contributed by atoms with Crippen molar-refractivity contribution in [3.8, 4) is 0 Å². The van der Waals surface area contributed by atoms with Gasteiger partial charge in [-0.2, -0.15) is 0 Å². The Labute approximate surface area is 113 Å². The zero-order valence-electron chi connectivity index (χ0n) is 10.9. The second-order valence-corrected chi connectivity index (χ2v) is 5.04. The number of aliphatic carboxylic acids is 1. The summed E-state index contributed by atoms with van der Waals surface area (Å²) in [7, 11) is 0. The van der Waals surface area contributed by atoms with E-state index >= 15 is 0 Å². The first kappa shape index (κ1) is 15.0. The van der Waals surface area contributed by atoms with Gasteiger partial charge in [0, 0.05) is 18.1 Å². The molecule has 1 atom stereocenters. The number of halogens is 1. The highest BCUT2D eigenvalue weighted by molar-refractivity contribution is 6.30. The summed E-state index contributed by atoms with van der Waals surface area (Å²) in [5.41, 5.74) is 1.16. The summed E-state index contributed by atoms with van der Waals surface area (Å²) in [4.78, 5) is 13.1. The van der Waals surface area contributed by atoms with Crippen LogP contribution in [0.1, 0.15) is 25.8 Å². The van der Waals surface area contributed by atoms with Crippen LogP contribution in [0.5, 0.6) is 0 Å². The van der Waals surface area contributed by atoms with E-state index in [1.54, 1.807) is 6.92 Å². The van der Waals surface area contributed by atoms with Gasteiger partial charge in [-0.05, 0) is 30.7 Å². The molecule has 0 saturated carbocycles. The van der Waals surface area contributed by atoms with E-state index in [1.165, 1.54) is 0 Å². The van der Waals surface area contributed by atoms with E-state index in [9.17, 15) is 4.79 Å². The molecule has 0 saturated heterocycles. The van der Waals surface area contributed by atoms with Crippen LogP contribution >= 0.6 is 11.6 Å². The lowest BCUT2D eigenvalue weighted by Gasteiger charge is -2.23. The van der Waals surface area contributed by atoms with E-state index in [2.05, 4.69) is 11.8 Å². The van der Waals surface area contributed by atoms with Crippen molar-refractivity contribution in [1.29, 1.82) is 0 Å². The molecule has 0 amide bonds. The first-order valence-electron chi connectivity index (χ1n) is 6.22. The third kappa shape index (κ3) is 5.07. The molecule has 0 fully saturated rings. The van der Waals surface area contributed by atoms with Crippen molar-refractivity contribution >= 4 is 17.6 Å². The second-order valence-electron chi connectivity index (χ2n) is 4.60. The van der Waals surface area contributed by atoms with E-state index in [-0.39, 0.29) is 5.92 Å². The van der Waals surface area contributed by atoms with Crippen molar-refractivity contribution in [3.05, 3.63) is 34.9 Å². The van der Waals surface area contributed by atoms with Crippen LogP contribution in [0.2, 0.25) is 5.02 Å². The summed E-state index contributed by atoms with van der Waals surface area (Å²) in [6.07, 6.45) is 1.01. The Kier molecular flexibility index (Phi) is 6.16. The van der Waals surface area contributed by atoms with E-state index in [0.29, 0.717) is 6.54 Å². The topological polar surface area (TPSA) is 40.5 Å². The van der Waals surface area contributed by atoms with Gasteiger partial charge < -0.3 is 5.11 Å². The third-order valence-corrected chi connectivity index (χ3v) is 3.06. The fraction of sp³-hybridized carbons (Fsp3) is 0.500. The van der Waals surface area contributed by atoms with Crippen LogP contribution in [0.25, 0.3) is 0 Å². The molecular formula is C14H20ClNO2. The molecule has 0 aliphatic carbocycles. The molecule has 3 nitrogen and oxygen atoms in total. The number of carboxylic acid groups (broad SMARTS) is 1. The van der Waals surface area contributed by atoms with Gasteiger partial charge in [0.1, 0.15) is 0 Å². The molecular weight excluding hydrogens is 250 g/mol. The summed E-state index contributed by atoms with van der Waals surface area (Å²) in [6, 6.07) is 7.69. The fourth-order valence-electron chi connectivity index (χ4n) is 1.86. The zero-order chi connectivity index (χ0) is 13.5. The lowest BCUT2D eigenvalue weighted by molar-refractivity contribution is -0.141. The van der Waals surface area contributed by atoms with Gasteiger partial charge in [-0.1, -0.05) is 37.6 Å². The number of carbonyl (C=O) groups is 1. The number of benzene rings is 1. The second kappa shape index (κ2) is 7.39. The highest BCUT2D eigenvalue weighted by Gasteiger charge is 2.15. The van der Waals surface area contributed by atoms with Crippen LogP contribution in [0.4, 0.5) is 0 Å². The number of carboxylic acids is 1. The molecule has 0 bridgehead atoms. The molecule has 1 unspecified atom stereocenters. The van der Waals surface area contributed by atoms with Crippen molar-refractivity contribution in [2.75, 3.05) is 13.1 Å². The molecule has 0 radical (unpaired) electrons. The molecule has 0 heterocycles. The molecule has 1 rings (SSSR count). The van der Waals surface area contributed by atoms with Gasteiger partial charge in [0.25, 0.3) is 0 Å². The van der Waals surface area contributed by atoms with Crippen LogP contribution in [0.3, 0.4) is 0 Å². The van der Waals surface area contributed by atoms with E-state index in [0.717, 1.165) is 30.1 Å². The molecule has 100 valence electrons. The van der Waals surface area contributed by atoms with Crippen LogP contribution in [0.15, 0.2) is 24.3 Å². The van der Waals surface area contributed by atoms with Crippen LogP contribution in [-0.2, 0) is 11.3 Å². The Hall–Kier alpha value is -1.06. The lowest BCUT2D eigenvalue weighted by Crippen LogP contribution is -2.32. The molecule has 0 aliphatic heterocycles.